The number of carboxylic acid groups (broad SMARTS) is 1. The number of hydrogen-bond donors (Lipinski definition) is 3. The van der Waals surface area contributed by atoms with E-state index in [-0.39, 0.29) is 9.20 Å². The predicted molar refractivity (Wildman–Crippen MR) is 80.6 cm³/mol. The number of aryl methyl sites for hydroxylation is 1. The molecule has 3 N–H and O–H groups in total. The summed E-state index contributed by atoms with van der Waals surface area (Å²) in [5.41, 5.74) is 1.13. The van der Waals surface area contributed by atoms with E-state index in [1.807, 2.05) is 25.1 Å². The number of amides is 1. The topological polar surface area (TPSA) is 99.3 Å². The number of H-pyrrole nitrogens is 1. The fourth-order valence-corrected chi connectivity index (χ4v) is 2.51. The molecule has 0 saturated heterocycles. The number of benzene rings is 1. The van der Waals surface area contributed by atoms with Gasteiger partial charge in [0.1, 0.15) is 9.20 Å². The maximum Gasteiger partial charge on any atom is 0.329 e. The number of thiazole rings is 1. The van der Waals surface area contributed by atoms with Gasteiger partial charge in [-0.3, -0.25) is 9.59 Å². The Morgan fingerprint density at radius 1 is 1.33 bits per heavy atom. The average molecular weight is 304 g/mol. The summed E-state index contributed by atoms with van der Waals surface area (Å²) in [5.74, 6) is -1.61. The van der Waals surface area contributed by atoms with Crippen LogP contribution >= 0.6 is 11.3 Å². The van der Waals surface area contributed by atoms with Crippen molar-refractivity contribution in [2.75, 3.05) is 5.32 Å². The molecule has 1 amide bonds. The van der Waals surface area contributed by atoms with Gasteiger partial charge in [-0.1, -0.05) is 12.1 Å². The van der Waals surface area contributed by atoms with Gasteiger partial charge in [-0.15, -0.1) is 11.3 Å². The van der Waals surface area contributed by atoms with E-state index in [0.29, 0.717) is 5.69 Å². The van der Waals surface area contributed by atoms with Crippen LogP contribution in [0.2, 0.25) is 0 Å². The quantitative estimate of drug-likeness (QED) is 0.745. The second kappa shape index (κ2) is 6.19. The van der Waals surface area contributed by atoms with Gasteiger partial charge in [-0.2, -0.15) is 0 Å². The molecule has 0 radical (unpaired) electrons. The summed E-state index contributed by atoms with van der Waals surface area (Å²) in [5, 5.41) is 11.3. The van der Waals surface area contributed by atoms with Crippen LogP contribution in [0.25, 0.3) is 12.2 Å². The number of carboxylic acids is 1. The van der Waals surface area contributed by atoms with E-state index >= 15 is 0 Å². The zero-order valence-electron chi connectivity index (χ0n) is 11.0. The molecule has 0 saturated carbocycles. The predicted octanol–water partition coefficient (Wildman–Crippen LogP) is 0.0291. The van der Waals surface area contributed by atoms with E-state index in [0.717, 1.165) is 23.0 Å². The molecule has 1 heterocycles. The first-order valence-corrected chi connectivity index (χ1v) is 6.79. The molecule has 0 bridgehead atoms. The van der Waals surface area contributed by atoms with Crippen molar-refractivity contribution in [1.82, 2.24) is 4.98 Å². The Morgan fingerprint density at radius 2 is 2.10 bits per heavy atom. The molecule has 0 atom stereocenters. The lowest BCUT2D eigenvalue weighted by atomic mass is 10.2. The van der Waals surface area contributed by atoms with Crippen molar-refractivity contribution in [3.05, 3.63) is 49.4 Å². The highest BCUT2D eigenvalue weighted by molar-refractivity contribution is 7.07. The number of aromatic amines is 1. The molecule has 21 heavy (non-hydrogen) atoms. The first kappa shape index (κ1) is 14.7. The lowest BCUT2D eigenvalue weighted by Crippen LogP contribution is -2.21. The third kappa shape index (κ3) is 4.15. The van der Waals surface area contributed by atoms with Crippen LogP contribution < -0.4 is 20.1 Å². The van der Waals surface area contributed by atoms with Gasteiger partial charge in [0.05, 0.1) is 0 Å². The summed E-state index contributed by atoms with van der Waals surface area (Å²) in [4.78, 5) is 36.3. The van der Waals surface area contributed by atoms with Gasteiger partial charge in [0.15, 0.2) is 0 Å². The van der Waals surface area contributed by atoms with Gasteiger partial charge >= 0.3 is 5.97 Å². The Morgan fingerprint density at radius 3 is 2.76 bits per heavy atom. The number of rotatable bonds is 3. The van der Waals surface area contributed by atoms with E-state index in [1.54, 1.807) is 6.07 Å². The molecule has 0 fully saturated rings. The van der Waals surface area contributed by atoms with E-state index < -0.39 is 17.4 Å². The van der Waals surface area contributed by atoms with Crippen LogP contribution in [0.15, 0.2) is 29.1 Å². The maximum atomic E-state index is 11.8. The van der Waals surface area contributed by atoms with E-state index in [4.69, 9.17) is 5.11 Å². The summed E-state index contributed by atoms with van der Waals surface area (Å²) in [6.45, 7) is 1.91. The van der Waals surface area contributed by atoms with E-state index in [2.05, 4.69) is 10.3 Å². The highest BCUT2D eigenvalue weighted by Crippen LogP contribution is 2.09. The summed E-state index contributed by atoms with van der Waals surface area (Å²) in [7, 11) is 0. The standard InChI is InChI=1S/C14H12N2O4S/c1-8-3-2-4-9(5-8)15-11(17)7-12-16-14(20)10(21-12)6-13(18)19/h2-7H,1H3,(H,15,17)(H,16,20)(H,18,19). The van der Waals surface area contributed by atoms with Crippen molar-refractivity contribution in [3.8, 4) is 0 Å². The minimum Gasteiger partial charge on any atom is -0.478 e. The first-order valence-electron chi connectivity index (χ1n) is 5.97. The molecule has 0 unspecified atom stereocenters. The van der Waals surface area contributed by atoms with Crippen molar-refractivity contribution in [3.63, 3.8) is 0 Å². The number of anilines is 1. The van der Waals surface area contributed by atoms with Gasteiger partial charge in [0.2, 0.25) is 0 Å². The van der Waals surface area contributed by atoms with Crippen LogP contribution in [0.3, 0.4) is 0 Å². The van der Waals surface area contributed by atoms with Crippen molar-refractivity contribution < 1.29 is 14.7 Å². The second-order valence-electron chi connectivity index (χ2n) is 4.27. The van der Waals surface area contributed by atoms with Crippen molar-refractivity contribution in [1.29, 1.82) is 0 Å². The molecular weight excluding hydrogens is 292 g/mol. The Hall–Kier alpha value is -2.67. The molecule has 0 aliphatic carbocycles. The smallest absolute Gasteiger partial charge is 0.329 e. The van der Waals surface area contributed by atoms with Gasteiger partial charge in [0, 0.05) is 17.8 Å². The van der Waals surface area contributed by atoms with Crippen LogP contribution in [0.4, 0.5) is 5.69 Å². The van der Waals surface area contributed by atoms with Crippen molar-refractivity contribution >= 4 is 41.1 Å². The third-order valence-electron chi connectivity index (χ3n) is 2.48. The molecule has 2 rings (SSSR count). The number of aromatic nitrogens is 1. The van der Waals surface area contributed by atoms with Gasteiger partial charge in [-0.05, 0) is 24.6 Å². The van der Waals surface area contributed by atoms with Crippen molar-refractivity contribution in [2.45, 2.75) is 6.92 Å². The summed E-state index contributed by atoms with van der Waals surface area (Å²) in [6, 6.07) is 7.29. The Bertz CT molecular complexity index is 864. The normalized spacial score (nSPS) is 12.4. The third-order valence-corrected chi connectivity index (χ3v) is 3.45. The second-order valence-corrected chi connectivity index (χ2v) is 5.35. The first-order chi connectivity index (χ1) is 9.94. The minimum atomic E-state index is -1.21. The molecule has 1 aromatic carbocycles. The molecule has 7 heteroatoms. The number of nitrogens with one attached hydrogen (secondary N) is 2. The number of aliphatic carboxylic acids is 1. The summed E-state index contributed by atoms with van der Waals surface area (Å²) >= 11 is 0.909. The highest BCUT2D eigenvalue weighted by Gasteiger charge is 2.01. The zero-order chi connectivity index (χ0) is 15.4. The van der Waals surface area contributed by atoms with Gasteiger partial charge in [0.25, 0.3) is 11.5 Å². The number of carbonyl (C=O) groups is 2. The van der Waals surface area contributed by atoms with E-state index in [9.17, 15) is 14.4 Å². The van der Waals surface area contributed by atoms with Crippen LogP contribution in [0.5, 0.6) is 0 Å². The highest BCUT2D eigenvalue weighted by atomic mass is 32.1. The largest absolute Gasteiger partial charge is 0.478 e. The van der Waals surface area contributed by atoms with Crippen LogP contribution in [0, 0.1) is 6.92 Å². The summed E-state index contributed by atoms with van der Waals surface area (Å²) < 4.78 is 0.328. The molecule has 1 aromatic heterocycles. The zero-order valence-corrected chi connectivity index (χ0v) is 11.9. The van der Waals surface area contributed by atoms with Crippen LogP contribution in [-0.2, 0) is 9.59 Å². The molecule has 2 aromatic rings. The van der Waals surface area contributed by atoms with Gasteiger partial charge < -0.3 is 15.4 Å². The summed E-state index contributed by atoms with van der Waals surface area (Å²) in [6.07, 6.45) is 2.02. The monoisotopic (exact) mass is 304 g/mol. The Labute approximate surface area is 123 Å². The minimum absolute atomic E-state index is 0.0390. The van der Waals surface area contributed by atoms with Crippen LogP contribution in [0.1, 0.15) is 5.56 Å². The lowest BCUT2D eigenvalue weighted by molar-refractivity contribution is -0.129. The molecule has 0 spiro atoms. The van der Waals surface area contributed by atoms with Crippen molar-refractivity contribution in [2.24, 2.45) is 0 Å². The average Bonchev–Trinajstić information content (AvgIpc) is 2.68. The number of hydrogen-bond acceptors (Lipinski definition) is 4. The SMILES string of the molecule is Cc1cccc(NC(=O)C=c2[nH]c(=O)c(=CC(=O)O)s2)c1. The fraction of sp³-hybridized carbons (Fsp3) is 0.0714. The number of carbonyl (C=O) groups excluding carboxylic acids is 1. The Balaban J connectivity index is 2.26. The van der Waals surface area contributed by atoms with Crippen LogP contribution in [-0.4, -0.2) is 22.0 Å². The molecule has 0 aliphatic heterocycles. The molecule has 6 nitrogen and oxygen atoms in total. The molecular formula is C14H12N2O4S. The lowest BCUT2D eigenvalue weighted by Gasteiger charge is -2.02. The van der Waals surface area contributed by atoms with E-state index in [1.165, 1.54) is 6.08 Å². The molecule has 0 aliphatic rings. The Kier molecular flexibility index (Phi) is 4.34. The maximum absolute atomic E-state index is 11.8. The molecule has 108 valence electrons. The fourth-order valence-electron chi connectivity index (χ4n) is 1.66. The van der Waals surface area contributed by atoms with Gasteiger partial charge in [-0.25, -0.2) is 4.79 Å².